The number of carbonyl (C=O) groups is 2. The fraction of sp³-hybridized carbons (Fsp3) is 0. The number of carbonyl (C=O) groups excluding carboxylic acids is 2. The van der Waals surface area contributed by atoms with E-state index in [1.807, 2.05) is 0 Å². The average molecular weight is 439 g/mol. The van der Waals surface area contributed by atoms with Crippen LogP contribution in [0, 0.1) is 10.1 Å². The van der Waals surface area contributed by atoms with Gasteiger partial charge in [-0.1, -0.05) is 17.7 Å². The van der Waals surface area contributed by atoms with Crippen molar-refractivity contribution in [3.63, 3.8) is 0 Å². The summed E-state index contributed by atoms with van der Waals surface area (Å²) in [5, 5.41) is 27.3. The van der Waals surface area contributed by atoms with E-state index in [4.69, 9.17) is 11.6 Å². The molecule has 0 radical (unpaired) electrons. The summed E-state index contributed by atoms with van der Waals surface area (Å²) in [4.78, 5) is 34.7. The second-order valence-corrected chi connectivity index (χ2v) is 6.68. The molecule has 0 unspecified atom stereocenters. The Hall–Kier alpha value is -4.24. The molecule has 0 spiro atoms. The van der Waals surface area contributed by atoms with Gasteiger partial charge in [-0.15, -0.1) is 0 Å². The number of hydrogen-bond acceptors (Lipinski definition) is 6. The maximum Gasteiger partial charge on any atom is 0.271 e. The standard InChI is InChI=1S/C21H15ClN4O5/c22-16-6-9-19(27)15(10-16)12-23-25-21(29)13-4-7-17(8-5-13)24-20(28)14-2-1-3-18(11-14)26(30)31/h1-12,27H,(H,24,28)(H,25,29)/b23-12-. The lowest BCUT2D eigenvalue weighted by Crippen LogP contribution is -2.18. The van der Waals surface area contributed by atoms with Crippen molar-refractivity contribution in [2.24, 2.45) is 5.10 Å². The first-order chi connectivity index (χ1) is 14.8. The molecular weight excluding hydrogens is 424 g/mol. The number of hydrazone groups is 1. The van der Waals surface area contributed by atoms with Crippen LogP contribution in [0.3, 0.4) is 0 Å². The number of anilines is 1. The van der Waals surface area contributed by atoms with E-state index in [0.717, 1.165) is 0 Å². The van der Waals surface area contributed by atoms with Gasteiger partial charge in [-0.2, -0.15) is 5.10 Å². The zero-order valence-electron chi connectivity index (χ0n) is 15.8. The molecule has 0 bridgehead atoms. The second-order valence-electron chi connectivity index (χ2n) is 6.24. The van der Waals surface area contributed by atoms with E-state index in [1.165, 1.54) is 72.9 Å². The minimum absolute atomic E-state index is 0.0359. The lowest BCUT2D eigenvalue weighted by atomic mass is 10.1. The Labute approximate surface area is 181 Å². The highest BCUT2D eigenvalue weighted by atomic mass is 35.5. The molecule has 0 aliphatic heterocycles. The summed E-state index contributed by atoms with van der Waals surface area (Å²) in [5.41, 5.74) is 3.29. The zero-order chi connectivity index (χ0) is 22.4. The van der Waals surface area contributed by atoms with E-state index < -0.39 is 16.7 Å². The molecule has 0 saturated carbocycles. The fourth-order valence-electron chi connectivity index (χ4n) is 2.52. The molecule has 3 aromatic carbocycles. The van der Waals surface area contributed by atoms with Crippen molar-refractivity contribution in [2.45, 2.75) is 0 Å². The molecule has 3 aromatic rings. The molecule has 31 heavy (non-hydrogen) atoms. The van der Waals surface area contributed by atoms with Gasteiger partial charge in [0.1, 0.15) is 5.75 Å². The molecule has 0 aliphatic carbocycles. The topological polar surface area (TPSA) is 134 Å². The minimum atomic E-state index is -0.583. The molecule has 3 N–H and O–H groups in total. The monoisotopic (exact) mass is 438 g/mol. The summed E-state index contributed by atoms with van der Waals surface area (Å²) in [6.07, 6.45) is 1.26. The van der Waals surface area contributed by atoms with E-state index >= 15 is 0 Å². The number of nitrogens with zero attached hydrogens (tertiary/aromatic N) is 2. The third-order valence-corrected chi connectivity index (χ3v) is 4.32. The molecule has 0 aromatic heterocycles. The van der Waals surface area contributed by atoms with Crippen molar-refractivity contribution in [1.29, 1.82) is 0 Å². The summed E-state index contributed by atoms with van der Waals surface area (Å²) in [7, 11) is 0. The third kappa shape index (κ3) is 5.64. The van der Waals surface area contributed by atoms with Gasteiger partial charge in [0.15, 0.2) is 0 Å². The van der Waals surface area contributed by atoms with E-state index in [-0.39, 0.29) is 22.6 Å². The molecule has 0 heterocycles. The van der Waals surface area contributed by atoms with Crippen LogP contribution in [0.2, 0.25) is 5.02 Å². The number of halogens is 1. The summed E-state index contributed by atoms with van der Waals surface area (Å²) in [5.74, 6) is -1.06. The van der Waals surface area contributed by atoms with Crippen LogP contribution in [0.4, 0.5) is 11.4 Å². The van der Waals surface area contributed by atoms with Crippen LogP contribution in [0.1, 0.15) is 26.3 Å². The summed E-state index contributed by atoms with van der Waals surface area (Å²) < 4.78 is 0. The Morgan fingerprint density at radius 1 is 1.00 bits per heavy atom. The maximum absolute atomic E-state index is 12.3. The van der Waals surface area contributed by atoms with Gasteiger partial charge in [-0.3, -0.25) is 19.7 Å². The Kier molecular flexibility index (Phi) is 6.58. The van der Waals surface area contributed by atoms with E-state index in [9.17, 15) is 24.8 Å². The molecule has 2 amide bonds. The van der Waals surface area contributed by atoms with Gasteiger partial charge < -0.3 is 10.4 Å². The predicted molar refractivity (Wildman–Crippen MR) is 116 cm³/mol. The highest BCUT2D eigenvalue weighted by molar-refractivity contribution is 6.30. The van der Waals surface area contributed by atoms with Crippen LogP contribution >= 0.6 is 11.6 Å². The lowest BCUT2D eigenvalue weighted by molar-refractivity contribution is -0.384. The molecule has 3 rings (SSSR count). The predicted octanol–water partition coefficient (Wildman–Crippen LogP) is 3.97. The molecule has 0 fully saturated rings. The van der Waals surface area contributed by atoms with Crippen LogP contribution in [-0.4, -0.2) is 28.1 Å². The van der Waals surface area contributed by atoms with E-state index in [2.05, 4.69) is 15.8 Å². The van der Waals surface area contributed by atoms with Gasteiger partial charge in [0.05, 0.1) is 11.1 Å². The fourth-order valence-corrected chi connectivity index (χ4v) is 2.70. The molecular formula is C21H15ClN4O5. The molecule has 9 nitrogen and oxygen atoms in total. The molecule has 0 saturated heterocycles. The Morgan fingerprint density at radius 2 is 1.74 bits per heavy atom. The van der Waals surface area contributed by atoms with E-state index in [1.54, 1.807) is 0 Å². The largest absolute Gasteiger partial charge is 0.507 e. The van der Waals surface area contributed by atoms with Crippen LogP contribution in [-0.2, 0) is 0 Å². The number of aromatic hydroxyl groups is 1. The number of hydrogen-bond donors (Lipinski definition) is 3. The van der Waals surface area contributed by atoms with E-state index in [0.29, 0.717) is 16.3 Å². The highest BCUT2D eigenvalue weighted by Gasteiger charge is 2.12. The number of rotatable bonds is 6. The number of phenolic OH excluding ortho intramolecular Hbond substituents is 1. The first kappa shape index (κ1) is 21.5. The van der Waals surface area contributed by atoms with Gasteiger partial charge in [-0.25, -0.2) is 5.43 Å². The molecule has 156 valence electrons. The van der Waals surface area contributed by atoms with Crippen molar-refractivity contribution in [2.75, 3.05) is 5.32 Å². The van der Waals surface area contributed by atoms with Crippen molar-refractivity contribution >= 4 is 41.0 Å². The molecule has 10 heteroatoms. The molecule has 0 atom stereocenters. The van der Waals surface area contributed by atoms with Crippen LogP contribution < -0.4 is 10.7 Å². The number of non-ortho nitro benzene ring substituents is 1. The van der Waals surface area contributed by atoms with Crippen molar-refractivity contribution in [3.8, 4) is 5.75 Å². The first-order valence-corrected chi connectivity index (χ1v) is 9.19. The van der Waals surface area contributed by atoms with Gasteiger partial charge in [0.2, 0.25) is 0 Å². The Balaban J connectivity index is 1.61. The van der Waals surface area contributed by atoms with Crippen LogP contribution in [0.5, 0.6) is 5.75 Å². The summed E-state index contributed by atoms with van der Waals surface area (Å²) in [6, 6.07) is 15.7. The van der Waals surface area contributed by atoms with Gasteiger partial charge in [-0.05, 0) is 48.5 Å². The number of benzene rings is 3. The van der Waals surface area contributed by atoms with Crippen molar-refractivity contribution in [3.05, 3.63) is 98.6 Å². The maximum atomic E-state index is 12.3. The number of amides is 2. The second kappa shape index (κ2) is 9.51. The normalized spacial score (nSPS) is 10.6. The zero-order valence-corrected chi connectivity index (χ0v) is 16.5. The van der Waals surface area contributed by atoms with Crippen LogP contribution in [0.25, 0.3) is 0 Å². The van der Waals surface area contributed by atoms with Crippen LogP contribution in [0.15, 0.2) is 71.8 Å². The number of nitrogens with one attached hydrogen (secondary N) is 2. The Bertz CT molecular complexity index is 1180. The minimum Gasteiger partial charge on any atom is -0.507 e. The number of phenols is 1. The van der Waals surface area contributed by atoms with Gasteiger partial charge in [0.25, 0.3) is 17.5 Å². The van der Waals surface area contributed by atoms with Gasteiger partial charge >= 0.3 is 0 Å². The quantitative estimate of drug-likeness (QED) is 0.304. The summed E-state index contributed by atoms with van der Waals surface area (Å²) in [6.45, 7) is 0. The SMILES string of the molecule is O=C(N/N=C\c1cc(Cl)ccc1O)c1ccc(NC(=O)c2cccc([N+](=O)[O-])c2)cc1. The first-order valence-electron chi connectivity index (χ1n) is 8.81. The van der Waals surface area contributed by atoms with Gasteiger partial charge in [0, 0.05) is 39.5 Å². The lowest BCUT2D eigenvalue weighted by Gasteiger charge is -2.06. The third-order valence-electron chi connectivity index (χ3n) is 4.08. The summed E-state index contributed by atoms with van der Waals surface area (Å²) >= 11 is 5.85. The average Bonchev–Trinajstić information content (AvgIpc) is 2.76. The molecule has 0 aliphatic rings. The number of nitro groups is 1. The number of nitro benzene ring substituents is 1. The van der Waals surface area contributed by atoms with Crippen molar-refractivity contribution in [1.82, 2.24) is 5.43 Å². The highest BCUT2D eigenvalue weighted by Crippen LogP contribution is 2.19. The Morgan fingerprint density at radius 3 is 2.45 bits per heavy atom. The smallest absolute Gasteiger partial charge is 0.271 e. The van der Waals surface area contributed by atoms with Crippen molar-refractivity contribution < 1.29 is 19.6 Å².